The van der Waals surface area contributed by atoms with Gasteiger partial charge in [-0.25, -0.2) is 12.6 Å². The van der Waals surface area contributed by atoms with Crippen LogP contribution in [0.15, 0.2) is 57.6 Å². The first-order chi connectivity index (χ1) is 14.8. The van der Waals surface area contributed by atoms with Crippen molar-refractivity contribution >= 4 is 47.4 Å². The third kappa shape index (κ3) is 8.48. The van der Waals surface area contributed by atoms with Gasteiger partial charge in [0.2, 0.25) is 0 Å². The first-order valence-electron chi connectivity index (χ1n) is 8.52. The van der Waals surface area contributed by atoms with E-state index in [-0.39, 0.29) is 10.6 Å². The van der Waals surface area contributed by atoms with E-state index in [1.54, 1.807) is 0 Å². The summed E-state index contributed by atoms with van der Waals surface area (Å²) in [6, 6.07) is 9.66. The lowest BCUT2D eigenvalue weighted by molar-refractivity contribution is 0.284. The summed E-state index contributed by atoms with van der Waals surface area (Å²) < 4.78 is 93.4. The van der Waals surface area contributed by atoms with Crippen molar-refractivity contribution in [2.45, 2.75) is 4.90 Å². The average Bonchev–Trinajstić information content (AvgIpc) is 2.69. The number of nitrogens with zero attached hydrogens (tertiary/aromatic N) is 2. The third-order valence-corrected chi connectivity index (χ3v) is 6.36. The third-order valence-electron chi connectivity index (χ3n) is 3.69. The average molecular weight is 510 g/mol. The highest BCUT2D eigenvalue weighted by Crippen LogP contribution is 2.32. The molecule has 0 saturated carbocycles. The molecule has 0 radical (unpaired) electrons. The molecule has 0 spiro atoms. The summed E-state index contributed by atoms with van der Waals surface area (Å²) in [6.45, 7) is -0.739. The Kier molecular flexibility index (Phi) is 8.27. The Morgan fingerprint density at radius 1 is 0.938 bits per heavy atom. The highest BCUT2D eigenvalue weighted by Gasteiger charge is 2.16. The van der Waals surface area contributed by atoms with Crippen LogP contribution in [0.5, 0.6) is 5.75 Å². The zero-order valence-corrected chi connectivity index (χ0v) is 18.9. The monoisotopic (exact) mass is 509 g/mol. The van der Waals surface area contributed by atoms with Crippen molar-refractivity contribution in [2.24, 2.45) is 10.2 Å². The van der Waals surface area contributed by atoms with Crippen LogP contribution in [0.1, 0.15) is 0 Å². The summed E-state index contributed by atoms with van der Waals surface area (Å²) in [6.07, 6.45) is 0. The van der Waals surface area contributed by atoms with E-state index in [4.69, 9.17) is 13.8 Å². The zero-order valence-electron chi connectivity index (χ0n) is 16.4. The van der Waals surface area contributed by atoms with Gasteiger partial charge in [0.15, 0.2) is 9.84 Å². The van der Waals surface area contributed by atoms with Gasteiger partial charge in [-0.1, -0.05) is 0 Å². The van der Waals surface area contributed by atoms with Crippen LogP contribution in [-0.4, -0.2) is 59.7 Å². The molecule has 0 heterocycles. The van der Waals surface area contributed by atoms with Crippen molar-refractivity contribution in [3.05, 3.63) is 42.5 Å². The fraction of sp³-hybridized carbons (Fsp3) is 0.250. The van der Waals surface area contributed by atoms with Crippen LogP contribution in [0, 0.1) is 0 Å². The van der Waals surface area contributed by atoms with Crippen LogP contribution in [0.25, 0.3) is 0 Å². The van der Waals surface area contributed by atoms with Crippen molar-refractivity contribution in [3.63, 3.8) is 0 Å². The van der Waals surface area contributed by atoms with Crippen LogP contribution in [0.3, 0.4) is 0 Å². The van der Waals surface area contributed by atoms with Gasteiger partial charge < -0.3 is 10.1 Å². The predicted molar refractivity (Wildman–Crippen MR) is 113 cm³/mol. The van der Waals surface area contributed by atoms with Gasteiger partial charge in [0.1, 0.15) is 17.3 Å². The lowest BCUT2D eigenvalue weighted by atomic mass is 10.2. The second-order valence-electron chi connectivity index (χ2n) is 6.05. The number of hydrogen-bond donors (Lipinski definition) is 3. The number of azo groups is 1. The molecule has 0 amide bonds. The molecule has 176 valence electrons. The van der Waals surface area contributed by atoms with E-state index in [1.807, 2.05) is 0 Å². The Bertz CT molecular complexity index is 1290. The Morgan fingerprint density at radius 3 is 2.16 bits per heavy atom. The first-order valence-corrected chi connectivity index (χ1v) is 13.2. The van der Waals surface area contributed by atoms with E-state index >= 15 is 0 Å². The summed E-state index contributed by atoms with van der Waals surface area (Å²) in [4.78, 5) is -0.109. The minimum atomic E-state index is -4.73. The van der Waals surface area contributed by atoms with Gasteiger partial charge in [-0.15, -0.1) is 5.11 Å². The van der Waals surface area contributed by atoms with Crippen molar-refractivity contribution in [2.75, 3.05) is 30.7 Å². The number of ether oxygens (including phenoxy) is 1. The molecule has 0 unspecified atom stereocenters. The van der Waals surface area contributed by atoms with Crippen LogP contribution in [-0.2, 0) is 34.5 Å². The fourth-order valence-corrected chi connectivity index (χ4v) is 4.08. The molecule has 16 heteroatoms. The molecule has 0 bridgehead atoms. The summed E-state index contributed by atoms with van der Waals surface area (Å²) in [5, 5.41) is 10.5. The standard InChI is InChI=1S/C16H19N3O10S3/c1-28-16-10-13(17-11-31(22,23)24)4-7-15(16)19-18-12-2-5-14(6-3-12)30(20,21)9-8-29-32(25,26)27/h2-7,10,17H,8-9,11H2,1H3,(H,22,23,24)(H,25,26,27)/b19-18+. The molecule has 3 N–H and O–H groups in total. The van der Waals surface area contributed by atoms with E-state index in [1.165, 1.54) is 49.6 Å². The molecular formula is C16H19N3O10S3. The van der Waals surface area contributed by atoms with Gasteiger partial charge >= 0.3 is 10.4 Å². The molecule has 0 aromatic heterocycles. The van der Waals surface area contributed by atoms with E-state index in [9.17, 15) is 25.3 Å². The van der Waals surface area contributed by atoms with E-state index in [2.05, 4.69) is 19.7 Å². The topological polar surface area (TPSA) is 198 Å². The summed E-state index contributed by atoms with van der Waals surface area (Å²) in [7, 11) is -11.4. The van der Waals surface area contributed by atoms with Crippen molar-refractivity contribution in [1.29, 1.82) is 0 Å². The second-order valence-corrected chi connectivity index (χ2v) is 10.7. The maximum absolute atomic E-state index is 12.2. The normalized spacial score (nSPS) is 12.7. The molecule has 2 aromatic rings. The molecule has 0 aliphatic heterocycles. The Morgan fingerprint density at radius 2 is 1.59 bits per heavy atom. The fourth-order valence-electron chi connectivity index (χ4n) is 2.24. The van der Waals surface area contributed by atoms with Crippen molar-refractivity contribution in [1.82, 2.24) is 0 Å². The smallest absolute Gasteiger partial charge is 0.397 e. The maximum Gasteiger partial charge on any atom is 0.397 e. The summed E-state index contributed by atoms with van der Waals surface area (Å²) >= 11 is 0. The van der Waals surface area contributed by atoms with Crippen molar-refractivity contribution < 1.29 is 43.3 Å². The van der Waals surface area contributed by atoms with Crippen molar-refractivity contribution in [3.8, 4) is 5.75 Å². The summed E-state index contributed by atoms with van der Waals surface area (Å²) in [5.41, 5.74) is 0.948. The quantitative estimate of drug-likeness (QED) is 0.295. The SMILES string of the molecule is COc1cc(NCS(=O)(=O)O)ccc1/N=N/c1ccc(S(=O)(=O)CCOS(=O)(=O)O)cc1. The van der Waals surface area contributed by atoms with Crippen LogP contribution >= 0.6 is 0 Å². The summed E-state index contributed by atoms with van der Waals surface area (Å²) in [5.74, 6) is -1.09. The molecular weight excluding hydrogens is 490 g/mol. The number of rotatable bonds is 11. The number of anilines is 1. The van der Waals surface area contributed by atoms with Gasteiger partial charge in [0, 0.05) is 11.8 Å². The molecule has 0 saturated heterocycles. The number of sulfone groups is 1. The lowest BCUT2D eigenvalue weighted by Crippen LogP contribution is -2.15. The van der Waals surface area contributed by atoms with Crippen LogP contribution < -0.4 is 10.1 Å². The second kappa shape index (κ2) is 10.3. The molecule has 32 heavy (non-hydrogen) atoms. The number of benzene rings is 2. The molecule has 13 nitrogen and oxygen atoms in total. The molecule has 0 aliphatic carbocycles. The van der Waals surface area contributed by atoms with Gasteiger partial charge in [-0.2, -0.15) is 21.9 Å². The highest BCUT2D eigenvalue weighted by molar-refractivity contribution is 7.91. The predicted octanol–water partition coefficient (Wildman–Crippen LogP) is 1.96. The number of methoxy groups -OCH3 is 1. The van der Waals surface area contributed by atoms with Gasteiger partial charge in [0.05, 0.1) is 30.1 Å². The first kappa shape index (κ1) is 25.6. The zero-order chi connectivity index (χ0) is 24.0. The minimum Gasteiger partial charge on any atom is -0.494 e. The van der Waals surface area contributed by atoms with Gasteiger partial charge in [0.25, 0.3) is 10.1 Å². The number of nitrogens with one attached hydrogen (secondary N) is 1. The molecule has 2 aromatic carbocycles. The van der Waals surface area contributed by atoms with E-state index in [0.717, 1.165) is 0 Å². The molecule has 0 aliphatic rings. The van der Waals surface area contributed by atoms with Gasteiger partial charge in [-0.3, -0.25) is 9.11 Å². The van der Waals surface area contributed by atoms with E-state index in [0.29, 0.717) is 17.1 Å². The van der Waals surface area contributed by atoms with E-state index < -0.39 is 48.6 Å². The molecule has 2 rings (SSSR count). The number of hydrogen-bond acceptors (Lipinski definition) is 11. The molecule has 0 fully saturated rings. The molecule has 0 atom stereocenters. The lowest BCUT2D eigenvalue weighted by Gasteiger charge is -2.08. The van der Waals surface area contributed by atoms with Gasteiger partial charge in [-0.05, 0) is 36.4 Å². The Labute approximate surface area is 184 Å². The maximum atomic E-state index is 12.2. The highest BCUT2D eigenvalue weighted by atomic mass is 32.3. The van der Waals surface area contributed by atoms with Crippen LogP contribution in [0.4, 0.5) is 17.1 Å². The Hall–Kier alpha value is -2.63. The minimum absolute atomic E-state index is 0.109. The largest absolute Gasteiger partial charge is 0.494 e. The van der Waals surface area contributed by atoms with Crippen LogP contribution in [0.2, 0.25) is 0 Å². The Balaban J connectivity index is 2.10.